The highest BCUT2D eigenvalue weighted by Gasteiger charge is 2.29. The van der Waals surface area contributed by atoms with Crippen LogP contribution >= 0.6 is 12.2 Å². The second kappa shape index (κ2) is 7.57. The monoisotopic (exact) mass is 418 g/mol. The van der Waals surface area contributed by atoms with Gasteiger partial charge in [-0.3, -0.25) is 19.1 Å². The maximum Gasteiger partial charge on any atom is 0.280 e. The van der Waals surface area contributed by atoms with Crippen molar-refractivity contribution in [1.82, 2.24) is 9.55 Å². The van der Waals surface area contributed by atoms with E-state index in [4.69, 9.17) is 12.2 Å². The number of aromatic hydroxyl groups is 1. The molecule has 1 aliphatic heterocycles. The first-order chi connectivity index (χ1) is 14.4. The van der Waals surface area contributed by atoms with E-state index in [9.17, 15) is 14.7 Å². The van der Waals surface area contributed by atoms with Gasteiger partial charge in [0.25, 0.3) is 11.5 Å². The second-order valence-corrected chi connectivity index (χ2v) is 7.25. The number of H-pyrrole nitrogens is 1. The van der Waals surface area contributed by atoms with Crippen molar-refractivity contribution in [2.75, 3.05) is 5.01 Å². The highest BCUT2D eigenvalue weighted by atomic mass is 32.1. The number of nitrogens with zero attached hydrogens (tertiary/aromatic N) is 3. The van der Waals surface area contributed by atoms with Crippen LogP contribution < -0.4 is 10.6 Å². The summed E-state index contributed by atoms with van der Waals surface area (Å²) in [6.07, 6.45) is 1.34. The van der Waals surface area contributed by atoms with Gasteiger partial charge in [0.05, 0.1) is 22.7 Å². The minimum absolute atomic E-state index is 0.0512. The summed E-state index contributed by atoms with van der Waals surface area (Å²) >= 11 is 5.22. The van der Waals surface area contributed by atoms with E-state index in [1.165, 1.54) is 15.7 Å². The quantitative estimate of drug-likeness (QED) is 0.501. The van der Waals surface area contributed by atoms with Gasteiger partial charge >= 0.3 is 0 Å². The summed E-state index contributed by atoms with van der Waals surface area (Å²) in [5.41, 5.74) is 2.25. The molecule has 0 radical (unpaired) electrons. The minimum atomic E-state index is -0.591. The number of carbonyl (C=O) groups excluding carboxylic acids is 1. The minimum Gasteiger partial charge on any atom is -0.494 e. The van der Waals surface area contributed by atoms with Gasteiger partial charge in [0, 0.05) is 0 Å². The van der Waals surface area contributed by atoms with Crippen LogP contribution in [0.25, 0.3) is 11.8 Å². The number of amides is 1. The molecule has 0 atom stereocenters. The van der Waals surface area contributed by atoms with Gasteiger partial charge in [-0.05, 0) is 56.4 Å². The van der Waals surface area contributed by atoms with E-state index in [0.29, 0.717) is 17.1 Å². The lowest BCUT2D eigenvalue weighted by Gasteiger charge is -2.13. The van der Waals surface area contributed by atoms with Gasteiger partial charge in [0.15, 0.2) is 4.77 Å². The number of anilines is 1. The first-order valence-corrected chi connectivity index (χ1v) is 9.60. The van der Waals surface area contributed by atoms with Crippen molar-refractivity contribution in [2.45, 2.75) is 13.8 Å². The average molecular weight is 418 g/mol. The maximum absolute atomic E-state index is 13.0. The van der Waals surface area contributed by atoms with E-state index in [-0.39, 0.29) is 27.7 Å². The largest absolute Gasteiger partial charge is 0.494 e. The third kappa shape index (κ3) is 3.37. The van der Waals surface area contributed by atoms with E-state index in [2.05, 4.69) is 10.1 Å². The molecule has 3 aromatic rings. The summed E-state index contributed by atoms with van der Waals surface area (Å²) in [5, 5.41) is 16.4. The molecule has 7 nitrogen and oxygen atoms in total. The third-order valence-corrected chi connectivity index (χ3v) is 5.05. The number of benzene rings is 2. The Hall–Kier alpha value is -3.78. The molecular weight excluding hydrogens is 400 g/mol. The Kier molecular flexibility index (Phi) is 4.93. The molecule has 0 aliphatic carbocycles. The van der Waals surface area contributed by atoms with Crippen LogP contribution in [0.4, 0.5) is 5.69 Å². The molecule has 0 spiro atoms. The predicted octanol–water partition coefficient (Wildman–Crippen LogP) is 3.72. The summed E-state index contributed by atoms with van der Waals surface area (Å²) in [6.45, 7) is 3.63. The summed E-state index contributed by atoms with van der Waals surface area (Å²) in [5.74, 6) is -0.735. The molecular formula is C22H18N4O3S. The molecule has 30 heavy (non-hydrogen) atoms. The number of nitrogens with one attached hydrogen (secondary N) is 1. The molecule has 0 bridgehead atoms. The number of aromatic nitrogens is 2. The number of aromatic amines is 1. The Labute approximate surface area is 177 Å². The predicted molar refractivity (Wildman–Crippen MR) is 119 cm³/mol. The molecule has 0 saturated heterocycles. The molecule has 1 aliphatic rings. The normalized spacial score (nSPS) is 15.0. The lowest BCUT2D eigenvalue weighted by Crippen LogP contribution is -2.22. The van der Waals surface area contributed by atoms with Gasteiger partial charge in [0.2, 0.25) is 5.88 Å². The number of hydrogen-bond acceptors (Lipinski definition) is 5. The van der Waals surface area contributed by atoms with Gasteiger partial charge in [-0.1, -0.05) is 35.9 Å². The zero-order valence-corrected chi connectivity index (χ0v) is 17.1. The molecule has 4 rings (SSSR count). The van der Waals surface area contributed by atoms with Gasteiger partial charge in [0.1, 0.15) is 5.56 Å². The van der Waals surface area contributed by atoms with Crippen LogP contribution in [-0.4, -0.2) is 26.3 Å². The van der Waals surface area contributed by atoms with E-state index >= 15 is 0 Å². The molecule has 1 aromatic heterocycles. The topological polar surface area (TPSA) is 90.7 Å². The maximum atomic E-state index is 13.0. The lowest BCUT2D eigenvalue weighted by molar-refractivity contribution is -0.114. The molecule has 150 valence electrons. The fourth-order valence-corrected chi connectivity index (χ4v) is 3.46. The highest BCUT2D eigenvalue weighted by Crippen LogP contribution is 2.27. The first-order valence-electron chi connectivity index (χ1n) is 9.19. The van der Waals surface area contributed by atoms with Crippen LogP contribution in [-0.2, 0) is 4.79 Å². The van der Waals surface area contributed by atoms with Gasteiger partial charge < -0.3 is 5.11 Å². The molecule has 2 N–H and O–H groups in total. The van der Waals surface area contributed by atoms with Crippen molar-refractivity contribution in [2.24, 2.45) is 5.10 Å². The van der Waals surface area contributed by atoms with Crippen molar-refractivity contribution in [3.8, 4) is 11.6 Å². The van der Waals surface area contributed by atoms with E-state index in [1.807, 2.05) is 25.1 Å². The second-order valence-electron chi connectivity index (χ2n) is 6.86. The van der Waals surface area contributed by atoms with Crippen molar-refractivity contribution in [3.63, 3.8) is 0 Å². The van der Waals surface area contributed by atoms with Gasteiger partial charge in [-0.15, -0.1) is 0 Å². The molecule has 2 aromatic carbocycles. The number of hydrogen-bond donors (Lipinski definition) is 2. The fraction of sp³-hybridized carbons (Fsp3) is 0.0909. The summed E-state index contributed by atoms with van der Waals surface area (Å²) in [7, 11) is 0. The van der Waals surface area contributed by atoms with Crippen molar-refractivity contribution >= 4 is 35.6 Å². The Bertz CT molecular complexity index is 1320. The molecule has 0 fully saturated rings. The molecule has 8 heteroatoms. The first kappa shape index (κ1) is 19.5. The standard InChI is InChI=1S/C22H18N4O3S/c1-13-8-10-16(11-9-13)26-21(29)17(14(2)24-26)12-18-19(27)23-22(30)25(20(18)28)15-6-4-3-5-7-15/h3-12,28H,1-2H3,(H,23,27,30). The van der Waals surface area contributed by atoms with Gasteiger partial charge in [-0.2, -0.15) is 10.1 Å². The number of carbonyl (C=O) groups is 1. The van der Waals surface area contributed by atoms with Crippen LogP contribution in [0.3, 0.4) is 0 Å². The Balaban J connectivity index is 1.81. The SMILES string of the molecule is CC1=NN(c2ccc(C)cc2)C(=O)C1=Cc1c(O)n(-c2ccccc2)c(=S)[nH]c1=O. The highest BCUT2D eigenvalue weighted by molar-refractivity contribution is 7.71. The number of rotatable bonds is 3. The van der Waals surface area contributed by atoms with Crippen LogP contribution in [0, 0.1) is 11.7 Å². The smallest absolute Gasteiger partial charge is 0.280 e. The summed E-state index contributed by atoms with van der Waals surface area (Å²) < 4.78 is 1.39. The van der Waals surface area contributed by atoms with Crippen LogP contribution in [0.15, 0.2) is 70.1 Å². The number of hydrazone groups is 1. The molecule has 1 amide bonds. The Morgan fingerprint density at radius 3 is 2.33 bits per heavy atom. The fourth-order valence-electron chi connectivity index (χ4n) is 3.17. The van der Waals surface area contributed by atoms with E-state index in [0.717, 1.165) is 5.56 Å². The number of aryl methyl sites for hydroxylation is 1. The van der Waals surface area contributed by atoms with E-state index in [1.54, 1.807) is 43.3 Å². The van der Waals surface area contributed by atoms with Crippen LogP contribution in [0.2, 0.25) is 0 Å². The van der Waals surface area contributed by atoms with Crippen LogP contribution in [0.5, 0.6) is 5.88 Å². The zero-order chi connectivity index (χ0) is 21.4. The average Bonchev–Trinajstić information content (AvgIpc) is 3.00. The third-order valence-electron chi connectivity index (χ3n) is 4.77. The van der Waals surface area contributed by atoms with E-state index < -0.39 is 5.56 Å². The summed E-state index contributed by atoms with van der Waals surface area (Å²) in [6, 6.07) is 16.3. The van der Waals surface area contributed by atoms with Crippen LogP contribution in [0.1, 0.15) is 18.1 Å². The van der Waals surface area contributed by atoms with Gasteiger partial charge in [-0.25, -0.2) is 0 Å². The number of para-hydroxylation sites is 1. The summed E-state index contributed by atoms with van der Waals surface area (Å²) in [4.78, 5) is 28.1. The lowest BCUT2D eigenvalue weighted by atomic mass is 10.1. The van der Waals surface area contributed by atoms with Crippen molar-refractivity contribution in [1.29, 1.82) is 0 Å². The molecule has 0 unspecified atom stereocenters. The molecule has 0 saturated carbocycles. The zero-order valence-electron chi connectivity index (χ0n) is 16.3. The Morgan fingerprint density at radius 1 is 1.00 bits per heavy atom. The van der Waals surface area contributed by atoms with Crippen molar-refractivity contribution in [3.05, 3.63) is 86.4 Å². The Morgan fingerprint density at radius 2 is 1.67 bits per heavy atom. The molecule has 2 heterocycles. The van der Waals surface area contributed by atoms with Crippen molar-refractivity contribution < 1.29 is 9.90 Å².